The number of hydrogen-bond acceptors (Lipinski definition) is 7. The highest BCUT2D eigenvalue weighted by molar-refractivity contribution is 6.99. The highest BCUT2D eigenvalue weighted by atomic mass is 28.4. The fraction of sp³-hybridized carbons (Fsp3) is 0.417. The van der Waals surface area contributed by atoms with Gasteiger partial charge >= 0.3 is 18.2 Å². The van der Waals surface area contributed by atoms with E-state index in [-0.39, 0.29) is 31.3 Å². The molecule has 248 valence electrons. The normalized spacial score (nSPS) is 13.2. The van der Waals surface area contributed by atoms with Crippen LogP contribution in [-0.4, -0.2) is 57.4 Å². The summed E-state index contributed by atoms with van der Waals surface area (Å²) in [6.07, 6.45) is -1.70. The number of esters is 1. The van der Waals surface area contributed by atoms with Crippen molar-refractivity contribution < 1.29 is 33.0 Å². The van der Waals surface area contributed by atoms with Crippen LogP contribution < -0.4 is 21.0 Å². The molecule has 3 aromatic rings. The minimum absolute atomic E-state index is 0.0293. The Labute approximate surface area is 274 Å². The van der Waals surface area contributed by atoms with Gasteiger partial charge in [-0.1, -0.05) is 112 Å². The lowest BCUT2D eigenvalue weighted by Gasteiger charge is -2.44. The third kappa shape index (κ3) is 10.5. The van der Waals surface area contributed by atoms with Crippen LogP contribution in [-0.2, 0) is 30.0 Å². The van der Waals surface area contributed by atoms with E-state index in [0.29, 0.717) is 0 Å². The van der Waals surface area contributed by atoms with E-state index in [4.69, 9.17) is 18.6 Å². The number of carbonyl (C=O) groups excluding carboxylic acids is 3. The minimum Gasteiger partial charge on any atom is -0.466 e. The standard InChI is InChI=1S/C36H48N2O7Si/c1-8-42-32(39)24-30(37-33(40)43-25-27-18-12-9-13-19-27)31(38-34(41)45-35(2,3)4)26-44-46(36(5,6)7,28-20-14-10-15-21-28)29-22-16-11-17-23-29/h9-23,30-31H,8,24-26H2,1-7H3,(H,37,40)(H,38,41)/t30-,31-/m1/s1. The number of alkyl carbamates (subject to hydrolysis) is 2. The number of benzene rings is 3. The van der Waals surface area contributed by atoms with Crippen LogP contribution in [0.3, 0.4) is 0 Å². The summed E-state index contributed by atoms with van der Waals surface area (Å²) in [6.45, 7) is 13.6. The minimum atomic E-state index is -3.06. The molecule has 0 spiro atoms. The number of amides is 2. The SMILES string of the molecule is CCOC(=O)C[C@@H](NC(=O)OCc1ccccc1)[C@@H](CO[Si](c1ccccc1)(c1ccccc1)C(C)(C)C)NC(=O)OC(C)(C)C. The Balaban J connectivity index is 2.02. The Morgan fingerprint density at radius 2 is 1.20 bits per heavy atom. The largest absolute Gasteiger partial charge is 0.466 e. The van der Waals surface area contributed by atoms with Gasteiger partial charge in [-0.05, 0) is 48.7 Å². The first kappa shape index (κ1) is 36.3. The zero-order valence-corrected chi connectivity index (χ0v) is 29.0. The van der Waals surface area contributed by atoms with Gasteiger partial charge in [0.2, 0.25) is 0 Å². The van der Waals surface area contributed by atoms with Gasteiger partial charge in [-0.3, -0.25) is 4.79 Å². The van der Waals surface area contributed by atoms with Crippen LogP contribution in [0.2, 0.25) is 5.04 Å². The topological polar surface area (TPSA) is 112 Å². The van der Waals surface area contributed by atoms with Crippen LogP contribution in [0.1, 0.15) is 60.5 Å². The molecule has 0 heterocycles. The van der Waals surface area contributed by atoms with E-state index >= 15 is 0 Å². The van der Waals surface area contributed by atoms with E-state index in [1.807, 2.05) is 66.7 Å². The van der Waals surface area contributed by atoms with Crippen molar-refractivity contribution >= 4 is 36.8 Å². The molecule has 2 atom stereocenters. The van der Waals surface area contributed by atoms with E-state index in [0.717, 1.165) is 15.9 Å². The number of ether oxygens (including phenoxy) is 3. The van der Waals surface area contributed by atoms with Crippen molar-refractivity contribution in [2.45, 2.75) is 84.2 Å². The molecule has 0 radical (unpaired) electrons. The summed E-state index contributed by atoms with van der Waals surface area (Å²) in [6, 6.07) is 27.5. The monoisotopic (exact) mass is 648 g/mol. The summed E-state index contributed by atoms with van der Waals surface area (Å²) in [7, 11) is -3.06. The number of carbonyl (C=O) groups is 3. The molecule has 3 aromatic carbocycles. The van der Waals surface area contributed by atoms with Crippen molar-refractivity contribution in [3.63, 3.8) is 0 Å². The average molecular weight is 649 g/mol. The lowest BCUT2D eigenvalue weighted by Crippen LogP contribution is -2.68. The van der Waals surface area contributed by atoms with Gasteiger partial charge in [0.1, 0.15) is 12.2 Å². The Kier molecular flexibility index (Phi) is 13.0. The predicted octanol–water partition coefficient (Wildman–Crippen LogP) is 5.70. The van der Waals surface area contributed by atoms with Gasteiger partial charge in [-0.25, -0.2) is 9.59 Å². The Morgan fingerprint density at radius 3 is 1.67 bits per heavy atom. The fourth-order valence-electron chi connectivity index (χ4n) is 5.30. The van der Waals surface area contributed by atoms with Crippen LogP contribution in [0.4, 0.5) is 9.59 Å². The molecule has 2 amide bonds. The third-order valence-electron chi connectivity index (χ3n) is 7.29. The second-order valence-electron chi connectivity index (χ2n) is 13.0. The molecule has 0 aromatic heterocycles. The third-order valence-corrected chi connectivity index (χ3v) is 12.3. The number of hydrogen-bond donors (Lipinski definition) is 2. The van der Waals surface area contributed by atoms with Crippen LogP contribution >= 0.6 is 0 Å². The molecule has 0 aliphatic rings. The molecule has 0 bridgehead atoms. The van der Waals surface area contributed by atoms with E-state index in [1.54, 1.807) is 27.7 Å². The number of rotatable bonds is 13. The zero-order valence-electron chi connectivity index (χ0n) is 28.0. The molecule has 2 N–H and O–H groups in total. The van der Waals surface area contributed by atoms with Gasteiger partial charge in [-0.2, -0.15) is 0 Å². The van der Waals surface area contributed by atoms with Crippen molar-refractivity contribution in [1.82, 2.24) is 10.6 Å². The first-order valence-electron chi connectivity index (χ1n) is 15.6. The quantitative estimate of drug-likeness (QED) is 0.139. The summed E-state index contributed by atoms with van der Waals surface area (Å²) >= 11 is 0. The van der Waals surface area contributed by atoms with Crippen LogP contribution in [0.25, 0.3) is 0 Å². The van der Waals surface area contributed by atoms with Gasteiger partial charge in [0.25, 0.3) is 8.32 Å². The Hall–Kier alpha value is -4.15. The number of nitrogens with one attached hydrogen (secondary N) is 2. The molecular weight excluding hydrogens is 600 g/mol. The van der Waals surface area contributed by atoms with Gasteiger partial charge in [0.15, 0.2) is 0 Å². The summed E-state index contributed by atoms with van der Waals surface area (Å²) in [5.41, 5.74) is 0.0182. The van der Waals surface area contributed by atoms with Gasteiger partial charge in [0.05, 0.1) is 31.7 Å². The van der Waals surface area contributed by atoms with Gasteiger partial charge in [-0.15, -0.1) is 0 Å². The van der Waals surface area contributed by atoms with Gasteiger partial charge < -0.3 is 29.3 Å². The molecule has 0 saturated carbocycles. The van der Waals surface area contributed by atoms with Crippen LogP contribution in [0, 0.1) is 0 Å². The second kappa shape index (κ2) is 16.4. The molecule has 10 heteroatoms. The highest BCUT2D eigenvalue weighted by Crippen LogP contribution is 2.37. The molecule has 0 aliphatic heterocycles. The summed E-state index contributed by atoms with van der Waals surface area (Å²) in [4.78, 5) is 39.2. The van der Waals surface area contributed by atoms with Crippen molar-refractivity contribution in [1.29, 1.82) is 0 Å². The molecule has 9 nitrogen and oxygen atoms in total. The Bertz CT molecular complexity index is 1350. The molecule has 46 heavy (non-hydrogen) atoms. The highest BCUT2D eigenvalue weighted by Gasteiger charge is 2.51. The maximum absolute atomic E-state index is 13.2. The Morgan fingerprint density at radius 1 is 0.696 bits per heavy atom. The van der Waals surface area contributed by atoms with E-state index in [1.165, 1.54) is 0 Å². The van der Waals surface area contributed by atoms with E-state index in [2.05, 4.69) is 55.7 Å². The first-order chi connectivity index (χ1) is 21.7. The molecule has 0 aliphatic carbocycles. The van der Waals surface area contributed by atoms with Crippen molar-refractivity contribution in [3.8, 4) is 0 Å². The summed E-state index contributed by atoms with van der Waals surface area (Å²) in [5.74, 6) is -0.544. The molecule has 0 fully saturated rings. The molecule has 0 unspecified atom stereocenters. The van der Waals surface area contributed by atoms with Crippen LogP contribution in [0.15, 0.2) is 91.0 Å². The molecule has 3 rings (SSSR count). The van der Waals surface area contributed by atoms with E-state index < -0.39 is 44.2 Å². The maximum atomic E-state index is 13.2. The smallest absolute Gasteiger partial charge is 0.408 e. The summed E-state index contributed by atoms with van der Waals surface area (Å²) in [5, 5.41) is 7.42. The fourth-order valence-corrected chi connectivity index (χ4v) is 9.89. The lowest BCUT2D eigenvalue weighted by molar-refractivity contribution is -0.143. The average Bonchev–Trinajstić information content (AvgIpc) is 2.99. The summed E-state index contributed by atoms with van der Waals surface area (Å²) < 4.78 is 23.5. The van der Waals surface area contributed by atoms with Crippen molar-refractivity contribution in [3.05, 3.63) is 96.6 Å². The predicted molar refractivity (Wildman–Crippen MR) is 182 cm³/mol. The maximum Gasteiger partial charge on any atom is 0.408 e. The first-order valence-corrected chi connectivity index (χ1v) is 17.5. The molecule has 0 saturated heterocycles. The van der Waals surface area contributed by atoms with Crippen LogP contribution in [0.5, 0.6) is 0 Å². The van der Waals surface area contributed by atoms with Crippen molar-refractivity contribution in [2.75, 3.05) is 13.2 Å². The van der Waals surface area contributed by atoms with Crippen molar-refractivity contribution in [2.24, 2.45) is 0 Å². The zero-order chi connectivity index (χ0) is 33.8. The van der Waals surface area contributed by atoms with Gasteiger partial charge in [0, 0.05) is 0 Å². The molecular formula is C36H48N2O7Si. The lowest BCUT2D eigenvalue weighted by atomic mass is 10.1. The van der Waals surface area contributed by atoms with E-state index in [9.17, 15) is 14.4 Å². The second-order valence-corrected chi connectivity index (χ2v) is 17.4.